The molecule has 1 aliphatic heterocycles. The van der Waals surface area contributed by atoms with Gasteiger partial charge in [-0.2, -0.15) is 0 Å². The lowest BCUT2D eigenvalue weighted by molar-refractivity contribution is -0.0128. The number of unbranched alkanes of at least 4 members (excludes halogenated alkanes) is 1. The minimum atomic E-state index is -2.97. The maximum Gasteiger partial charge on any atom is 0.150 e. The third-order valence-corrected chi connectivity index (χ3v) is 5.66. The van der Waals surface area contributed by atoms with Crippen LogP contribution in [0, 0.1) is 0 Å². The van der Waals surface area contributed by atoms with Crippen molar-refractivity contribution in [3.63, 3.8) is 0 Å². The molecule has 0 saturated carbocycles. The van der Waals surface area contributed by atoms with Gasteiger partial charge < -0.3 is 9.84 Å². The Labute approximate surface area is 127 Å². The normalized spacial score (nSPS) is 20.1. The smallest absolute Gasteiger partial charge is 0.150 e. The van der Waals surface area contributed by atoms with Crippen molar-refractivity contribution in [1.29, 1.82) is 0 Å². The van der Waals surface area contributed by atoms with Crippen molar-refractivity contribution < 1.29 is 18.3 Å². The highest BCUT2D eigenvalue weighted by Gasteiger charge is 2.36. The number of benzene rings is 1. The molecule has 1 aromatic rings. The summed E-state index contributed by atoms with van der Waals surface area (Å²) in [4.78, 5) is 0. The molecular formula is C16H24O4S. The fourth-order valence-corrected chi connectivity index (χ4v) is 4.00. The molecule has 1 aromatic carbocycles. The number of hydrogen-bond donors (Lipinski definition) is 1. The summed E-state index contributed by atoms with van der Waals surface area (Å²) < 4.78 is 28.4. The van der Waals surface area contributed by atoms with E-state index in [1.807, 2.05) is 24.3 Å². The maximum atomic E-state index is 11.4. The summed E-state index contributed by atoms with van der Waals surface area (Å²) in [6, 6.07) is 7.91. The fraction of sp³-hybridized carbons (Fsp3) is 0.625. The molecule has 0 radical (unpaired) electrons. The minimum absolute atomic E-state index is 0.0445. The van der Waals surface area contributed by atoms with Crippen LogP contribution in [-0.4, -0.2) is 37.2 Å². The molecule has 0 unspecified atom stereocenters. The largest absolute Gasteiger partial charge is 0.491 e. The highest BCUT2D eigenvalue weighted by molar-refractivity contribution is 7.91. The predicted molar refractivity (Wildman–Crippen MR) is 83.4 cm³/mol. The van der Waals surface area contributed by atoms with Crippen LogP contribution in [0.2, 0.25) is 0 Å². The Kier molecular flexibility index (Phi) is 5.27. The Morgan fingerprint density at radius 2 is 1.81 bits per heavy atom. The number of ether oxygens (including phenoxy) is 1. The molecule has 0 amide bonds. The summed E-state index contributed by atoms with van der Waals surface area (Å²) in [5.41, 5.74) is 0.262. The van der Waals surface area contributed by atoms with E-state index in [9.17, 15) is 13.5 Å². The Balaban J connectivity index is 1.85. The van der Waals surface area contributed by atoms with Crippen LogP contribution in [0.5, 0.6) is 5.75 Å². The van der Waals surface area contributed by atoms with Gasteiger partial charge in [-0.3, -0.25) is 0 Å². The average molecular weight is 312 g/mol. The van der Waals surface area contributed by atoms with Crippen molar-refractivity contribution in [3.8, 4) is 5.75 Å². The van der Waals surface area contributed by atoms with Gasteiger partial charge in [-0.05, 0) is 43.4 Å². The maximum absolute atomic E-state index is 11.4. The summed E-state index contributed by atoms with van der Waals surface area (Å²) in [7, 11) is -2.97. The lowest BCUT2D eigenvalue weighted by atomic mass is 9.98. The van der Waals surface area contributed by atoms with E-state index in [-0.39, 0.29) is 31.0 Å². The molecule has 1 saturated heterocycles. The fourth-order valence-electron chi connectivity index (χ4n) is 2.41. The molecule has 1 fully saturated rings. The second-order valence-corrected chi connectivity index (χ2v) is 8.22. The molecule has 2 rings (SSSR count). The first kappa shape index (κ1) is 16.3. The Morgan fingerprint density at radius 3 is 2.38 bits per heavy atom. The number of rotatable bonds is 6. The average Bonchev–Trinajstić information content (AvgIpc) is 2.48. The highest BCUT2D eigenvalue weighted by atomic mass is 32.2. The number of sulfone groups is 1. The van der Waals surface area contributed by atoms with E-state index in [0.717, 1.165) is 12.2 Å². The minimum Gasteiger partial charge on any atom is -0.491 e. The van der Waals surface area contributed by atoms with E-state index in [1.54, 1.807) is 0 Å². The molecule has 0 aliphatic carbocycles. The standard InChI is InChI=1S/C16H24O4S/c1-2-3-4-14-5-7-15(8-6-14)20-13-16(17)9-11-21(18,19)12-10-16/h5-8,17H,2-4,9-13H2,1H3. The molecule has 21 heavy (non-hydrogen) atoms. The Bertz CT molecular complexity index is 534. The molecule has 5 heteroatoms. The first-order chi connectivity index (χ1) is 9.92. The third kappa shape index (κ3) is 5.00. The van der Waals surface area contributed by atoms with Gasteiger partial charge in [0.05, 0.1) is 11.5 Å². The molecule has 4 nitrogen and oxygen atoms in total. The molecule has 1 heterocycles. The van der Waals surface area contributed by atoms with Crippen molar-refractivity contribution in [3.05, 3.63) is 29.8 Å². The highest BCUT2D eigenvalue weighted by Crippen LogP contribution is 2.25. The van der Waals surface area contributed by atoms with Gasteiger partial charge in [0.15, 0.2) is 9.84 Å². The van der Waals surface area contributed by atoms with Gasteiger partial charge in [-0.15, -0.1) is 0 Å². The number of aliphatic hydroxyl groups is 1. The molecule has 0 spiro atoms. The van der Waals surface area contributed by atoms with Gasteiger partial charge in [0.1, 0.15) is 18.0 Å². The SMILES string of the molecule is CCCCc1ccc(OCC2(O)CCS(=O)(=O)CC2)cc1. The van der Waals surface area contributed by atoms with Crippen LogP contribution >= 0.6 is 0 Å². The summed E-state index contributed by atoms with van der Waals surface area (Å²) in [6.07, 6.45) is 3.93. The first-order valence-corrected chi connectivity index (χ1v) is 9.39. The van der Waals surface area contributed by atoms with Crippen molar-refractivity contribution in [2.24, 2.45) is 0 Å². The molecule has 0 atom stereocenters. The van der Waals surface area contributed by atoms with Crippen molar-refractivity contribution in [2.45, 2.75) is 44.6 Å². The van der Waals surface area contributed by atoms with Gasteiger partial charge in [0.2, 0.25) is 0 Å². The Morgan fingerprint density at radius 1 is 1.19 bits per heavy atom. The number of hydrogen-bond acceptors (Lipinski definition) is 4. The van der Waals surface area contributed by atoms with Crippen LogP contribution in [0.1, 0.15) is 38.2 Å². The van der Waals surface area contributed by atoms with Gasteiger partial charge in [-0.25, -0.2) is 8.42 Å². The van der Waals surface area contributed by atoms with Gasteiger partial charge in [-0.1, -0.05) is 25.5 Å². The van der Waals surface area contributed by atoms with Gasteiger partial charge >= 0.3 is 0 Å². The zero-order valence-electron chi connectivity index (χ0n) is 12.5. The topological polar surface area (TPSA) is 63.6 Å². The molecule has 0 bridgehead atoms. The van der Waals surface area contributed by atoms with E-state index >= 15 is 0 Å². The zero-order chi connectivity index (χ0) is 15.3. The lowest BCUT2D eigenvalue weighted by Crippen LogP contribution is -2.43. The monoisotopic (exact) mass is 312 g/mol. The first-order valence-electron chi connectivity index (χ1n) is 7.57. The van der Waals surface area contributed by atoms with Crippen LogP contribution in [0.4, 0.5) is 0 Å². The van der Waals surface area contributed by atoms with Crippen LogP contribution in [0.3, 0.4) is 0 Å². The van der Waals surface area contributed by atoms with E-state index in [4.69, 9.17) is 4.74 Å². The second kappa shape index (κ2) is 6.79. The van der Waals surface area contributed by atoms with E-state index in [1.165, 1.54) is 18.4 Å². The van der Waals surface area contributed by atoms with Crippen LogP contribution in [-0.2, 0) is 16.3 Å². The summed E-state index contributed by atoms with van der Waals surface area (Å²) in [5.74, 6) is 0.808. The van der Waals surface area contributed by atoms with Crippen LogP contribution in [0.15, 0.2) is 24.3 Å². The molecule has 118 valence electrons. The van der Waals surface area contributed by atoms with Gasteiger partial charge in [0, 0.05) is 0 Å². The zero-order valence-corrected chi connectivity index (χ0v) is 13.4. The third-order valence-electron chi connectivity index (χ3n) is 4.01. The summed E-state index contributed by atoms with van der Waals surface area (Å²) >= 11 is 0. The number of aryl methyl sites for hydroxylation is 1. The second-order valence-electron chi connectivity index (χ2n) is 5.91. The van der Waals surface area contributed by atoms with Crippen LogP contribution < -0.4 is 4.74 Å². The molecule has 1 N–H and O–H groups in total. The predicted octanol–water partition coefficient (Wildman–Crippen LogP) is 2.35. The van der Waals surface area contributed by atoms with E-state index in [2.05, 4.69) is 6.92 Å². The summed E-state index contributed by atoms with van der Waals surface area (Å²) in [6.45, 7) is 2.32. The van der Waals surface area contributed by atoms with Gasteiger partial charge in [0.25, 0.3) is 0 Å². The van der Waals surface area contributed by atoms with E-state index < -0.39 is 15.4 Å². The van der Waals surface area contributed by atoms with Crippen molar-refractivity contribution >= 4 is 9.84 Å². The van der Waals surface area contributed by atoms with Crippen molar-refractivity contribution in [2.75, 3.05) is 18.1 Å². The summed E-state index contributed by atoms with van der Waals surface area (Å²) in [5, 5.41) is 10.3. The Hall–Kier alpha value is -1.07. The molecule has 0 aromatic heterocycles. The van der Waals surface area contributed by atoms with Crippen molar-refractivity contribution in [1.82, 2.24) is 0 Å². The molecular weight excluding hydrogens is 288 g/mol. The van der Waals surface area contributed by atoms with E-state index in [0.29, 0.717) is 0 Å². The lowest BCUT2D eigenvalue weighted by Gasteiger charge is -2.31. The quantitative estimate of drug-likeness (QED) is 0.876. The molecule has 1 aliphatic rings. The van der Waals surface area contributed by atoms with Crippen LogP contribution in [0.25, 0.3) is 0 Å².